The van der Waals surface area contributed by atoms with Crippen molar-refractivity contribution in [2.45, 2.75) is 51.4 Å². The maximum absolute atomic E-state index is 8.25. The molecule has 3 nitrogen and oxygen atoms in total. The second kappa shape index (κ2) is 11.5. The molecule has 2 aromatic carbocycles. The van der Waals surface area contributed by atoms with Crippen molar-refractivity contribution in [1.82, 2.24) is 0 Å². The van der Waals surface area contributed by atoms with Gasteiger partial charge in [-0.25, -0.2) is 0 Å². The first kappa shape index (κ1) is 26.2. The maximum Gasteiger partial charge on any atom is 1.00 e. The summed E-state index contributed by atoms with van der Waals surface area (Å²) in [6.45, 7) is 4.96. The van der Waals surface area contributed by atoms with E-state index >= 15 is 0 Å². The molecule has 2 aliphatic rings. The number of rotatable bonds is 3. The van der Waals surface area contributed by atoms with Crippen LogP contribution in [0.2, 0.25) is 0 Å². The first-order valence-corrected chi connectivity index (χ1v) is 10.2. The third-order valence-electron chi connectivity index (χ3n) is 6.66. The molecule has 2 aliphatic carbocycles. The molecule has 0 heterocycles. The summed E-state index contributed by atoms with van der Waals surface area (Å²) < 4.78 is 0. The van der Waals surface area contributed by atoms with Crippen LogP contribution >= 0.6 is 0 Å². The summed E-state index contributed by atoms with van der Waals surface area (Å²) in [6.07, 6.45) is 7.11. The Morgan fingerprint density at radius 1 is 0.897 bits per heavy atom. The Balaban J connectivity index is 0.00000102. The molecule has 0 radical (unpaired) electrons. The Morgan fingerprint density at radius 2 is 1.38 bits per heavy atom. The molecule has 1 N–H and O–H groups in total. The molecule has 29 heavy (non-hydrogen) atoms. The van der Waals surface area contributed by atoms with E-state index in [0.717, 1.165) is 24.9 Å². The van der Waals surface area contributed by atoms with Gasteiger partial charge in [-0.05, 0) is 73.0 Å². The van der Waals surface area contributed by atoms with Crippen LogP contribution in [0.3, 0.4) is 0 Å². The molecule has 0 aliphatic heterocycles. The van der Waals surface area contributed by atoms with Crippen molar-refractivity contribution < 1.29 is 40.1 Å². The van der Waals surface area contributed by atoms with E-state index in [1.807, 2.05) is 12.1 Å². The van der Waals surface area contributed by atoms with E-state index in [1.165, 1.54) is 49.0 Å². The van der Waals surface area contributed by atoms with E-state index < -0.39 is 0 Å². The third-order valence-corrected chi connectivity index (χ3v) is 6.66. The minimum atomic E-state index is 0. The summed E-state index contributed by atoms with van der Waals surface area (Å²) in [5.41, 5.74) is 4.37. The smallest absolute Gasteiger partial charge is 0.870 e. The van der Waals surface area contributed by atoms with Crippen molar-refractivity contribution in [2.75, 3.05) is 19.1 Å². The first-order chi connectivity index (χ1) is 13.0. The minimum Gasteiger partial charge on any atom is -0.870 e. The largest absolute Gasteiger partial charge is 1.00 e. The van der Waals surface area contributed by atoms with Crippen LogP contribution in [-0.4, -0.2) is 19.6 Å². The molecule has 2 unspecified atom stereocenters. The predicted molar refractivity (Wildman–Crippen MR) is 114 cm³/mol. The Bertz CT molecular complexity index is 701. The molecule has 2 atom stereocenters. The summed E-state index contributed by atoms with van der Waals surface area (Å²) in [4.78, 5) is 2.25. The Hall–Kier alpha value is -0.840. The van der Waals surface area contributed by atoms with Gasteiger partial charge < -0.3 is 15.5 Å². The van der Waals surface area contributed by atoms with Gasteiger partial charge >= 0.3 is 29.6 Å². The van der Waals surface area contributed by atoms with Crippen molar-refractivity contribution in [3.63, 3.8) is 0 Å². The van der Waals surface area contributed by atoms with E-state index in [9.17, 15) is 0 Å². The second-order valence-corrected chi connectivity index (χ2v) is 8.88. The van der Waals surface area contributed by atoms with E-state index in [4.69, 9.17) is 5.11 Å². The molecule has 0 aromatic heterocycles. The summed E-state index contributed by atoms with van der Waals surface area (Å²) >= 11 is 0. The molecule has 4 rings (SSSR count). The molecular weight excluding hydrogens is 369 g/mol. The molecule has 0 spiro atoms. The topological polar surface area (TPSA) is 56.3 Å². The number of benzene rings is 2. The van der Waals surface area contributed by atoms with Crippen molar-refractivity contribution in [2.24, 2.45) is 17.8 Å². The molecule has 2 saturated carbocycles. The Labute approximate surface area is 199 Å². The van der Waals surface area contributed by atoms with E-state index in [1.54, 1.807) is 0 Å². The van der Waals surface area contributed by atoms with Gasteiger partial charge in [-0.3, -0.25) is 0 Å². The van der Waals surface area contributed by atoms with Crippen LogP contribution in [0.4, 0.5) is 11.4 Å². The van der Waals surface area contributed by atoms with Crippen molar-refractivity contribution in [3.8, 4) is 0 Å². The zero-order chi connectivity index (χ0) is 19.4. The van der Waals surface area contributed by atoms with Gasteiger partial charge in [0.25, 0.3) is 0 Å². The number of hydrogen-bond acceptors (Lipinski definition) is 3. The van der Waals surface area contributed by atoms with E-state index in [2.05, 4.69) is 68.3 Å². The van der Waals surface area contributed by atoms with Gasteiger partial charge in [0.15, 0.2) is 0 Å². The third kappa shape index (κ3) is 6.08. The van der Waals surface area contributed by atoms with Crippen LogP contribution in [0.25, 0.3) is 0 Å². The monoisotopic (exact) mass is 403 g/mol. The number of hydrogen-bond donors (Lipinski definition) is 0. The summed E-state index contributed by atoms with van der Waals surface area (Å²) in [7, 11) is 2.89. The molecule has 2 bridgehead atoms. The van der Waals surface area contributed by atoms with Gasteiger partial charge in [0.05, 0.1) is 0 Å². The maximum atomic E-state index is 8.25. The second-order valence-electron chi connectivity index (χ2n) is 8.88. The first-order valence-electron chi connectivity index (χ1n) is 10.2. The van der Waals surface area contributed by atoms with Crippen LogP contribution in [0.15, 0.2) is 48.5 Å². The standard InChI is InChI=1S/C24H30N.CH3O.Na.H2O/c1-18-13-19-15-20(14-18)17-24(2,16-19)21-9-11-23(12-10-21)25(3)22-7-5-4-6-8-22;1-2;;/h5-12,18-20H,13-17H2,1-3H3;1H3;;1H2/q2*-1;+1;/p-1. The zero-order valence-corrected chi connectivity index (χ0v) is 20.7. The molecular formula is C25H34NNaO2-2. The fourth-order valence-electron chi connectivity index (χ4n) is 5.66. The zero-order valence-electron chi connectivity index (χ0n) is 18.7. The minimum absolute atomic E-state index is 0. The molecule has 0 amide bonds. The molecule has 4 heteroatoms. The van der Waals surface area contributed by atoms with Crippen molar-refractivity contribution >= 4 is 11.4 Å². The van der Waals surface area contributed by atoms with Crippen LogP contribution in [0, 0.1) is 23.8 Å². The van der Waals surface area contributed by atoms with Crippen molar-refractivity contribution in [3.05, 3.63) is 60.2 Å². The van der Waals surface area contributed by atoms with E-state index in [-0.39, 0.29) is 35.0 Å². The van der Waals surface area contributed by atoms with Gasteiger partial charge in [-0.2, -0.15) is 25.3 Å². The van der Waals surface area contributed by atoms with Crippen LogP contribution < -0.4 is 39.6 Å². The average Bonchev–Trinajstić information content (AvgIpc) is 2.69. The van der Waals surface area contributed by atoms with Gasteiger partial charge in [0.1, 0.15) is 0 Å². The Kier molecular flexibility index (Phi) is 10.4. The predicted octanol–water partition coefficient (Wildman–Crippen LogP) is 2.16. The van der Waals surface area contributed by atoms with Crippen LogP contribution in [0.1, 0.15) is 51.5 Å². The van der Waals surface area contributed by atoms with Gasteiger partial charge in [-0.1, -0.05) is 31.7 Å². The normalized spacial score (nSPS) is 27.4. The van der Waals surface area contributed by atoms with Crippen molar-refractivity contribution in [1.29, 1.82) is 0 Å². The van der Waals surface area contributed by atoms with Gasteiger partial charge in [0, 0.05) is 12.7 Å². The molecule has 0 saturated heterocycles. The fraction of sp³-hybridized carbons (Fsp3) is 0.520. The summed E-state index contributed by atoms with van der Waals surface area (Å²) in [6, 6.07) is 20.6. The number of fused-ring (bicyclic) bond motifs is 2. The quantitative estimate of drug-likeness (QED) is 0.583. The molecule has 2 aromatic rings. The summed E-state index contributed by atoms with van der Waals surface area (Å²) in [5, 5.41) is 8.25. The summed E-state index contributed by atoms with van der Waals surface area (Å²) in [5.74, 6) is 2.82. The van der Waals surface area contributed by atoms with Crippen LogP contribution in [0.5, 0.6) is 0 Å². The number of nitrogens with zero attached hydrogens (tertiary/aromatic N) is 1. The van der Waals surface area contributed by atoms with E-state index in [0.29, 0.717) is 5.41 Å². The van der Waals surface area contributed by atoms with Crippen LogP contribution in [-0.2, 0) is 5.41 Å². The number of anilines is 2. The Morgan fingerprint density at radius 3 is 1.90 bits per heavy atom. The molecule has 154 valence electrons. The average molecular weight is 404 g/mol. The fourth-order valence-corrected chi connectivity index (χ4v) is 5.66. The van der Waals surface area contributed by atoms with Gasteiger partial charge in [-0.15, -0.1) is 12.1 Å². The molecule has 2 fully saturated rings. The SMILES string of the molecule is CC1CC2CC(C1)CC(C)(c1ccc(N(C)c3cc[c-]cc3)cc1)C2.C[O-].[Na+].[OH-]. The van der Waals surface area contributed by atoms with Gasteiger partial charge in [0.2, 0.25) is 0 Å².